The third kappa shape index (κ3) is 10.5. The molecule has 0 fully saturated rings. The van der Waals surface area contributed by atoms with Crippen LogP contribution in [0.15, 0.2) is 60.3 Å². The number of aliphatic hydroxyl groups is 1. The quantitative estimate of drug-likeness (QED) is 0.273. The van der Waals surface area contributed by atoms with Crippen molar-refractivity contribution in [2.45, 2.75) is 64.4 Å². The SMILES string of the molecule is CC/C=C\C/C=C\C[C@H](O)C/C=C1/C(=O)C=C[C@@H]1C/C=C\CCCC(=O)O. The normalized spacial score (nSPS) is 20.0. The molecular formula is C23H32O4. The Labute approximate surface area is 162 Å². The highest BCUT2D eigenvalue weighted by molar-refractivity contribution is 6.07. The first-order valence-corrected chi connectivity index (χ1v) is 9.82. The van der Waals surface area contributed by atoms with E-state index in [1.54, 1.807) is 6.08 Å². The van der Waals surface area contributed by atoms with Gasteiger partial charge in [0.05, 0.1) is 6.10 Å². The van der Waals surface area contributed by atoms with Gasteiger partial charge in [0.1, 0.15) is 0 Å². The molecule has 1 aliphatic carbocycles. The van der Waals surface area contributed by atoms with E-state index in [0.29, 0.717) is 19.3 Å². The summed E-state index contributed by atoms with van der Waals surface area (Å²) in [7, 11) is 0. The molecule has 0 radical (unpaired) electrons. The number of carbonyl (C=O) groups is 2. The van der Waals surface area contributed by atoms with E-state index in [1.807, 2.05) is 36.5 Å². The fourth-order valence-electron chi connectivity index (χ4n) is 2.83. The van der Waals surface area contributed by atoms with E-state index in [2.05, 4.69) is 19.1 Å². The minimum Gasteiger partial charge on any atom is -0.481 e. The average Bonchev–Trinajstić information content (AvgIpc) is 2.98. The smallest absolute Gasteiger partial charge is 0.303 e. The largest absolute Gasteiger partial charge is 0.481 e. The average molecular weight is 373 g/mol. The second-order valence-corrected chi connectivity index (χ2v) is 6.69. The Bertz CT molecular complexity index is 608. The molecule has 27 heavy (non-hydrogen) atoms. The standard InChI is InChI=1S/C23H32O4/c1-2-3-4-5-6-10-13-20(24)16-17-21-19(15-18-22(21)25)12-9-7-8-11-14-23(26)27/h3-4,6-7,9-10,15,17-20,24H,2,5,8,11-14,16H2,1H3,(H,26,27)/b4-3-,9-7-,10-6-,21-17+/t19-,20-/m0/s1. The summed E-state index contributed by atoms with van der Waals surface area (Å²) in [5.41, 5.74) is 0.749. The summed E-state index contributed by atoms with van der Waals surface area (Å²) in [6.45, 7) is 2.10. The Kier molecular flexibility index (Phi) is 11.8. The zero-order valence-corrected chi connectivity index (χ0v) is 16.2. The van der Waals surface area contributed by atoms with E-state index < -0.39 is 12.1 Å². The van der Waals surface area contributed by atoms with Gasteiger partial charge < -0.3 is 10.2 Å². The summed E-state index contributed by atoms with van der Waals surface area (Å²) in [6, 6.07) is 0. The molecule has 4 nitrogen and oxygen atoms in total. The summed E-state index contributed by atoms with van der Waals surface area (Å²) in [6.07, 6.45) is 22.3. The van der Waals surface area contributed by atoms with Crippen molar-refractivity contribution >= 4 is 11.8 Å². The van der Waals surface area contributed by atoms with Gasteiger partial charge >= 0.3 is 5.97 Å². The predicted octanol–water partition coefficient (Wildman–Crippen LogP) is 4.92. The third-order valence-corrected chi connectivity index (χ3v) is 4.34. The molecule has 4 heteroatoms. The number of carbonyl (C=O) groups excluding carboxylic acids is 1. The third-order valence-electron chi connectivity index (χ3n) is 4.34. The molecule has 0 saturated heterocycles. The first-order chi connectivity index (χ1) is 13.0. The van der Waals surface area contributed by atoms with Gasteiger partial charge in [-0.1, -0.05) is 55.5 Å². The van der Waals surface area contributed by atoms with Crippen LogP contribution in [-0.2, 0) is 9.59 Å². The Hall–Kier alpha value is -2.20. The highest BCUT2D eigenvalue weighted by atomic mass is 16.4. The highest BCUT2D eigenvalue weighted by Gasteiger charge is 2.21. The lowest BCUT2D eigenvalue weighted by molar-refractivity contribution is -0.137. The zero-order valence-electron chi connectivity index (χ0n) is 16.2. The second-order valence-electron chi connectivity index (χ2n) is 6.69. The topological polar surface area (TPSA) is 74.6 Å². The highest BCUT2D eigenvalue weighted by Crippen LogP contribution is 2.26. The fraction of sp³-hybridized carbons (Fsp3) is 0.478. The Balaban J connectivity index is 2.39. The molecule has 1 rings (SSSR count). The summed E-state index contributed by atoms with van der Waals surface area (Å²) < 4.78 is 0. The van der Waals surface area contributed by atoms with Gasteiger partial charge in [0.2, 0.25) is 0 Å². The number of aliphatic carboxylic acids is 1. The predicted molar refractivity (Wildman–Crippen MR) is 109 cm³/mol. The van der Waals surface area contributed by atoms with Crippen molar-refractivity contribution in [3.05, 3.63) is 60.3 Å². The van der Waals surface area contributed by atoms with E-state index >= 15 is 0 Å². The van der Waals surface area contributed by atoms with Crippen LogP contribution in [0.1, 0.15) is 58.3 Å². The fourth-order valence-corrected chi connectivity index (χ4v) is 2.83. The van der Waals surface area contributed by atoms with Crippen molar-refractivity contribution in [2.75, 3.05) is 0 Å². The molecule has 0 aliphatic heterocycles. The number of carboxylic acids is 1. The minimum absolute atomic E-state index is 0.0201. The van der Waals surface area contributed by atoms with E-state index in [-0.39, 0.29) is 18.1 Å². The first kappa shape index (κ1) is 22.8. The van der Waals surface area contributed by atoms with E-state index in [1.165, 1.54) is 0 Å². The van der Waals surface area contributed by atoms with E-state index in [9.17, 15) is 14.7 Å². The molecule has 1 aliphatic rings. The van der Waals surface area contributed by atoms with E-state index in [4.69, 9.17) is 5.11 Å². The Morgan fingerprint density at radius 3 is 2.67 bits per heavy atom. The zero-order chi connectivity index (χ0) is 19.9. The molecule has 0 bridgehead atoms. The van der Waals surface area contributed by atoms with Gasteiger partial charge in [-0.05, 0) is 51.0 Å². The maximum atomic E-state index is 12.0. The summed E-state index contributed by atoms with van der Waals surface area (Å²) in [5.74, 6) is -0.703. The summed E-state index contributed by atoms with van der Waals surface area (Å²) >= 11 is 0. The number of rotatable bonds is 13. The minimum atomic E-state index is -0.774. The molecule has 2 N–H and O–H groups in total. The summed E-state index contributed by atoms with van der Waals surface area (Å²) in [5, 5.41) is 18.7. The number of allylic oxidation sites excluding steroid dienone is 8. The maximum absolute atomic E-state index is 12.0. The van der Waals surface area contributed by atoms with Gasteiger partial charge in [0.25, 0.3) is 0 Å². The second kappa shape index (κ2) is 13.9. The maximum Gasteiger partial charge on any atom is 0.303 e. The Morgan fingerprint density at radius 2 is 1.93 bits per heavy atom. The molecule has 0 unspecified atom stereocenters. The summed E-state index contributed by atoms with van der Waals surface area (Å²) in [4.78, 5) is 22.5. The lowest BCUT2D eigenvalue weighted by Gasteiger charge is -2.10. The van der Waals surface area contributed by atoms with Gasteiger partial charge in [-0.25, -0.2) is 0 Å². The monoisotopic (exact) mass is 372 g/mol. The van der Waals surface area contributed by atoms with Gasteiger partial charge in [-0.15, -0.1) is 0 Å². The van der Waals surface area contributed by atoms with E-state index in [0.717, 1.165) is 31.3 Å². The van der Waals surface area contributed by atoms with Gasteiger partial charge in [-0.2, -0.15) is 0 Å². The van der Waals surface area contributed by atoms with Crippen molar-refractivity contribution in [1.29, 1.82) is 0 Å². The lowest BCUT2D eigenvalue weighted by atomic mass is 9.96. The lowest BCUT2D eigenvalue weighted by Crippen LogP contribution is -2.07. The molecule has 0 aromatic rings. The molecule has 0 aromatic heterocycles. The molecular weight excluding hydrogens is 340 g/mol. The molecule has 0 aromatic carbocycles. The number of ketones is 1. The van der Waals surface area contributed by atoms with Crippen molar-refractivity contribution in [2.24, 2.45) is 5.92 Å². The van der Waals surface area contributed by atoms with Crippen LogP contribution in [0.25, 0.3) is 0 Å². The Morgan fingerprint density at radius 1 is 1.15 bits per heavy atom. The van der Waals surface area contributed by atoms with Crippen LogP contribution in [0.3, 0.4) is 0 Å². The number of hydrogen-bond acceptors (Lipinski definition) is 3. The molecule has 2 atom stereocenters. The van der Waals surface area contributed by atoms with Crippen LogP contribution in [0.4, 0.5) is 0 Å². The van der Waals surface area contributed by atoms with Crippen LogP contribution in [-0.4, -0.2) is 28.1 Å². The van der Waals surface area contributed by atoms with Crippen LogP contribution in [0.5, 0.6) is 0 Å². The van der Waals surface area contributed by atoms with Crippen LogP contribution in [0.2, 0.25) is 0 Å². The van der Waals surface area contributed by atoms with Crippen LogP contribution >= 0.6 is 0 Å². The number of hydrogen-bond donors (Lipinski definition) is 2. The molecule has 0 spiro atoms. The van der Waals surface area contributed by atoms with Gasteiger partial charge in [0.15, 0.2) is 5.78 Å². The number of carboxylic acid groups (broad SMARTS) is 1. The van der Waals surface area contributed by atoms with Crippen LogP contribution < -0.4 is 0 Å². The molecule has 0 saturated carbocycles. The molecule has 148 valence electrons. The van der Waals surface area contributed by atoms with Crippen LogP contribution in [0, 0.1) is 5.92 Å². The van der Waals surface area contributed by atoms with Crippen molar-refractivity contribution in [3.8, 4) is 0 Å². The molecule has 0 amide bonds. The van der Waals surface area contributed by atoms with Gasteiger partial charge in [-0.3, -0.25) is 9.59 Å². The van der Waals surface area contributed by atoms with Crippen molar-refractivity contribution < 1.29 is 19.8 Å². The van der Waals surface area contributed by atoms with Crippen molar-refractivity contribution in [1.82, 2.24) is 0 Å². The number of aliphatic hydroxyl groups excluding tert-OH is 1. The first-order valence-electron chi connectivity index (χ1n) is 9.82. The number of unbranched alkanes of at least 4 members (excludes halogenated alkanes) is 1. The van der Waals surface area contributed by atoms with Crippen molar-refractivity contribution in [3.63, 3.8) is 0 Å². The molecule has 0 heterocycles. The van der Waals surface area contributed by atoms with Gasteiger partial charge in [0, 0.05) is 17.9 Å².